The second-order valence-electron chi connectivity index (χ2n) is 3.62. The molecule has 1 atom stereocenters. The zero-order valence-electron chi connectivity index (χ0n) is 8.60. The Balaban J connectivity index is 2.58. The Hall–Kier alpha value is -0.540. The fourth-order valence-electron chi connectivity index (χ4n) is 0.975. The van der Waals surface area contributed by atoms with E-state index in [2.05, 4.69) is 10.3 Å². The largest absolute Gasteiger partial charge is 0.366 e. The lowest BCUT2D eigenvalue weighted by Crippen LogP contribution is -2.20. The van der Waals surface area contributed by atoms with Gasteiger partial charge in [-0.2, -0.15) is 0 Å². The van der Waals surface area contributed by atoms with Crippen LogP contribution in [0.2, 0.25) is 5.02 Å². The average molecular weight is 251 g/mol. The van der Waals surface area contributed by atoms with Gasteiger partial charge in [0.15, 0.2) is 11.6 Å². The fraction of sp³-hybridized carbons (Fsp3) is 0.500. The van der Waals surface area contributed by atoms with Gasteiger partial charge in [0.25, 0.3) is 0 Å². The lowest BCUT2D eigenvalue weighted by atomic mass is 10.1. The summed E-state index contributed by atoms with van der Waals surface area (Å²) in [5, 5.41) is 3.07. The predicted molar refractivity (Wildman–Crippen MR) is 62.2 cm³/mol. The van der Waals surface area contributed by atoms with Crippen LogP contribution >= 0.6 is 23.2 Å². The van der Waals surface area contributed by atoms with E-state index >= 15 is 0 Å². The summed E-state index contributed by atoms with van der Waals surface area (Å²) in [5.74, 6) is 0.0513. The van der Waals surface area contributed by atoms with Crippen molar-refractivity contribution in [3.63, 3.8) is 0 Å². The smallest absolute Gasteiger partial charge is 0.166 e. The van der Waals surface area contributed by atoms with Gasteiger partial charge in [-0.3, -0.25) is 0 Å². The molecular formula is C10H13Cl2FN2. The molecule has 1 unspecified atom stereocenters. The first-order valence-corrected chi connectivity index (χ1v) is 5.51. The number of rotatable bonds is 4. The first kappa shape index (κ1) is 12.5. The van der Waals surface area contributed by atoms with Crippen LogP contribution in [0.5, 0.6) is 0 Å². The molecule has 0 aliphatic carbocycles. The zero-order chi connectivity index (χ0) is 11.4. The number of alkyl halides is 1. The molecule has 0 aromatic carbocycles. The minimum atomic E-state index is -0.463. The Labute approximate surface area is 98.8 Å². The molecule has 0 amide bonds. The summed E-state index contributed by atoms with van der Waals surface area (Å²) in [5.41, 5.74) is 0. The Kier molecular flexibility index (Phi) is 4.61. The molecule has 1 rings (SSSR count). The van der Waals surface area contributed by atoms with Crippen molar-refractivity contribution in [2.24, 2.45) is 5.92 Å². The van der Waals surface area contributed by atoms with E-state index in [1.165, 1.54) is 12.3 Å². The van der Waals surface area contributed by atoms with E-state index in [0.29, 0.717) is 12.5 Å². The highest BCUT2D eigenvalue weighted by molar-refractivity contribution is 6.30. The van der Waals surface area contributed by atoms with Crippen molar-refractivity contribution in [3.8, 4) is 0 Å². The Morgan fingerprint density at radius 3 is 2.73 bits per heavy atom. The Morgan fingerprint density at radius 2 is 2.20 bits per heavy atom. The van der Waals surface area contributed by atoms with E-state index in [9.17, 15) is 4.39 Å². The maximum Gasteiger partial charge on any atom is 0.166 e. The fourth-order valence-corrected chi connectivity index (χ4v) is 1.20. The summed E-state index contributed by atoms with van der Waals surface area (Å²) in [6, 6.07) is 1.22. The van der Waals surface area contributed by atoms with Gasteiger partial charge in [-0.1, -0.05) is 25.4 Å². The molecular weight excluding hydrogens is 238 g/mol. The van der Waals surface area contributed by atoms with E-state index in [-0.39, 0.29) is 16.2 Å². The van der Waals surface area contributed by atoms with Crippen LogP contribution in [0, 0.1) is 11.7 Å². The summed E-state index contributed by atoms with van der Waals surface area (Å²) in [4.78, 5) is 3.83. The van der Waals surface area contributed by atoms with E-state index in [1.807, 2.05) is 13.8 Å². The summed E-state index contributed by atoms with van der Waals surface area (Å²) >= 11 is 11.6. The van der Waals surface area contributed by atoms with E-state index in [1.54, 1.807) is 0 Å². The van der Waals surface area contributed by atoms with Crippen molar-refractivity contribution in [2.75, 3.05) is 11.9 Å². The Bertz CT molecular complexity index is 331. The van der Waals surface area contributed by atoms with Gasteiger partial charge in [0.1, 0.15) is 0 Å². The third-order valence-electron chi connectivity index (χ3n) is 2.00. The van der Waals surface area contributed by atoms with Crippen LogP contribution in [-0.4, -0.2) is 16.9 Å². The predicted octanol–water partition coefficient (Wildman–Crippen LogP) is 3.55. The molecule has 5 heteroatoms. The summed E-state index contributed by atoms with van der Waals surface area (Å²) in [6.07, 6.45) is 1.39. The molecule has 0 aliphatic heterocycles. The molecule has 0 saturated carbocycles. The molecule has 15 heavy (non-hydrogen) atoms. The minimum absolute atomic E-state index is 0.0538. The highest BCUT2D eigenvalue weighted by atomic mass is 35.5. The molecule has 2 nitrogen and oxygen atoms in total. The molecule has 0 spiro atoms. The molecule has 0 aliphatic rings. The SMILES string of the molecule is CC(C)C(Cl)CNc1ncc(Cl)cc1F. The van der Waals surface area contributed by atoms with E-state index in [4.69, 9.17) is 23.2 Å². The molecule has 1 aromatic heterocycles. The number of anilines is 1. The van der Waals surface area contributed by atoms with Crippen molar-refractivity contribution >= 4 is 29.0 Å². The van der Waals surface area contributed by atoms with Crippen LogP contribution in [0.3, 0.4) is 0 Å². The van der Waals surface area contributed by atoms with Crippen LogP contribution in [0.4, 0.5) is 10.2 Å². The molecule has 1 aromatic rings. The third-order valence-corrected chi connectivity index (χ3v) is 2.86. The number of hydrogen-bond donors (Lipinski definition) is 1. The van der Waals surface area contributed by atoms with Crippen molar-refractivity contribution in [1.29, 1.82) is 0 Å². The van der Waals surface area contributed by atoms with Gasteiger partial charge in [-0.05, 0) is 12.0 Å². The van der Waals surface area contributed by atoms with Gasteiger partial charge in [0.2, 0.25) is 0 Å². The number of halogens is 3. The highest BCUT2D eigenvalue weighted by Gasteiger charge is 2.11. The van der Waals surface area contributed by atoms with Crippen LogP contribution in [0.25, 0.3) is 0 Å². The Morgan fingerprint density at radius 1 is 1.53 bits per heavy atom. The highest BCUT2D eigenvalue weighted by Crippen LogP contribution is 2.16. The third kappa shape index (κ3) is 3.84. The standard InChI is InChI=1S/C10H13Cl2FN2/c1-6(2)8(12)5-15-10-9(13)3-7(11)4-14-10/h3-4,6,8H,5H2,1-2H3,(H,14,15). The quantitative estimate of drug-likeness (QED) is 0.828. The molecule has 0 radical (unpaired) electrons. The van der Waals surface area contributed by atoms with Crippen molar-refractivity contribution in [3.05, 3.63) is 23.1 Å². The van der Waals surface area contributed by atoms with Crippen molar-refractivity contribution in [1.82, 2.24) is 4.98 Å². The second-order valence-corrected chi connectivity index (χ2v) is 4.62. The number of pyridine rings is 1. The van der Waals surface area contributed by atoms with Gasteiger partial charge in [-0.15, -0.1) is 11.6 Å². The first-order valence-electron chi connectivity index (χ1n) is 4.69. The number of hydrogen-bond acceptors (Lipinski definition) is 2. The average Bonchev–Trinajstić information content (AvgIpc) is 2.15. The van der Waals surface area contributed by atoms with Crippen molar-refractivity contribution in [2.45, 2.75) is 19.2 Å². The molecule has 84 valence electrons. The van der Waals surface area contributed by atoms with E-state index < -0.39 is 5.82 Å². The first-order chi connectivity index (χ1) is 7.00. The van der Waals surface area contributed by atoms with E-state index in [0.717, 1.165) is 0 Å². The summed E-state index contributed by atoms with van der Waals surface area (Å²) in [6.45, 7) is 4.49. The maximum atomic E-state index is 13.2. The number of nitrogens with one attached hydrogen (secondary N) is 1. The maximum absolute atomic E-state index is 13.2. The topological polar surface area (TPSA) is 24.9 Å². The zero-order valence-corrected chi connectivity index (χ0v) is 10.1. The summed E-state index contributed by atoms with van der Waals surface area (Å²) < 4.78 is 13.2. The van der Waals surface area contributed by atoms with Crippen LogP contribution in [0.15, 0.2) is 12.3 Å². The van der Waals surface area contributed by atoms with Gasteiger partial charge < -0.3 is 5.32 Å². The van der Waals surface area contributed by atoms with Gasteiger partial charge >= 0.3 is 0 Å². The number of aromatic nitrogens is 1. The van der Waals surface area contributed by atoms with Gasteiger partial charge in [0.05, 0.1) is 10.4 Å². The van der Waals surface area contributed by atoms with Crippen LogP contribution in [-0.2, 0) is 0 Å². The van der Waals surface area contributed by atoms with Gasteiger partial charge in [0, 0.05) is 12.7 Å². The summed E-state index contributed by atoms with van der Waals surface area (Å²) in [7, 11) is 0. The van der Waals surface area contributed by atoms with Crippen LogP contribution in [0.1, 0.15) is 13.8 Å². The minimum Gasteiger partial charge on any atom is -0.366 e. The monoisotopic (exact) mass is 250 g/mol. The van der Waals surface area contributed by atoms with Crippen molar-refractivity contribution < 1.29 is 4.39 Å². The number of nitrogens with zero attached hydrogens (tertiary/aromatic N) is 1. The lowest BCUT2D eigenvalue weighted by molar-refractivity contribution is 0.603. The normalized spacial score (nSPS) is 12.9. The second kappa shape index (κ2) is 5.52. The molecule has 1 N–H and O–H groups in total. The molecule has 1 heterocycles. The molecule has 0 bridgehead atoms. The molecule has 0 fully saturated rings. The molecule has 0 saturated heterocycles. The lowest BCUT2D eigenvalue weighted by Gasteiger charge is -2.14. The van der Waals surface area contributed by atoms with Crippen LogP contribution < -0.4 is 5.32 Å². The van der Waals surface area contributed by atoms with Gasteiger partial charge in [-0.25, -0.2) is 9.37 Å².